The van der Waals surface area contributed by atoms with Crippen LogP contribution >= 0.6 is 11.6 Å². The van der Waals surface area contributed by atoms with Gasteiger partial charge in [-0.1, -0.05) is 0 Å². The number of hydrogen-bond donors (Lipinski definition) is 0. The predicted octanol–water partition coefficient (Wildman–Crippen LogP) is 2.38. The number of nitriles is 2. The molecule has 70 valence electrons. The molecule has 0 fully saturated rings. The summed E-state index contributed by atoms with van der Waals surface area (Å²) in [5, 5.41) is 17.0. The van der Waals surface area contributed by atoms with Crippen LogP contribution in [0, 0.1) is 22.7 Å². The van der Waals surface area contributed by atoms with Gasteiger partial charge >= 0.3 is 0 Å². The van der Waals surface area contributed by atoms with Crippen LogP contribution in [0.5, 0.6) is 0 Å². The molecule has 1 heterocycles. The van der Waals surface area contributed by atoms with Gasteiger partial charge in [-0.2, -0.15) is 10.5 Å². The number of halogens is 1. The van der Waals surface area contributed by atoms with Crippen molar-refractivity contribution >= 4 is 11.6 Å². The Balaban J connectivity index is 2.47. The lowest BCUT2D eigenvalue weighted by Gasteiger charge is -1.95. The molecule has 5 heteroatoms. The van der Waals surface area contributed by atoms with E-state index < -0.39 is 0 Å². The molecule has 0 aliphatic rings. The summed E-state index contributed by atoms with van der Waals surface area (Å²) in [6.45, 7) is 0.138. The third-order valence-electron chi connectivity index (χ3n) is 1.30. The van der Waals surface area contributed by atoms with Gasteiger partial charge in [-0.05, 0) is 23.7 Å². The van der Waals surface area contributed by atoms with Gasteiger partial charge in [0.25, 0.3) is 0 Å². The highest BCUT2D eigenvalue weighted by Gasteiger charge is 1.99. The minimum absolute atomic E-state index is 0.0948. The van der Waals surface area contributed by atoms with Crippen molar-refractivity contribution in [1.82, 2.24) is 0 Å². The van der Waals surface area contributed by atoms with Crippen molar-refractivity contribution < 1.29 is 9.15 Å². The number of rotatable bonds is 3. The van der Waals surface area contributed by atoms with Gasteiger partial charge in [0.2, 0.25) is 0 Å². The third-order valence-corrected chi connectivity index (χ3v) is 1.50. The highest BCUT2D eigenvalue weighted by molar-refractivity contribution is 6.28. The highest BCUT2D eigenvalue weighted by atomic mass is 35.5. The normalized spacial score (nSPS) is 8.50. The molecule has 0 spiro atoms. The van der Waals surface area contributed by atoms with Gasteiger partial charge in [-0.15, -0.1) is 0 Å². The van der Waals surface area contributed by atoms with Gasteiger partial charge in [0.05, 0.1) is 0 Å². The molecule has 0 aliphatic carbocycles. The zero-order valence-electron chi connectivity index (χ0n) is 7.03. The second-order valence-corrected chi connectivity index (χ2v) is 2.64. The maximum absolute atomic E-state index is 8.36. The van der Waals surface area contributed by atoms with E-state index >= 15 is 0 Å². The van der Waals surface area contributed by atoms with Crippen LogP contribution < -0.4 is 0 Å². The number of nitrogens with zero attached hydrogens (tertiary/aromatic N) is 2. The van der Waals surface area contributed by atoms with Crippen LogP contribution in [0.3, 0.4) is 0 Å². The molecule has 0 atom stereocenters. The molecule has 14 heavy (non-hydrogen) atoms. The van der Waals surface area contributed by atoms with E-state index in [1.807, 2.05) is 0 Å². The first kappa shape index (κ1) is 10.2. The Kier molecular flexibility index (Phi) is 3.60. The first-order valence-electron chi connectivity index (χ1n) is 3.62. The summed E-state index contributed by atoms with van der Waals surface area (Å²) in [5.41, 5.74) is -0.0948. The fourth-order valence-electron chi connectivity index (χ4n) is 0.714. The highest BCUT2D eigenvalue weighted by Crippen LogP contribution is 2.13. The quantitative estimate of drug-likeness (QED) is 0.565. The summed E-state index contributed by atoms with van der Waals surface area (Å²) >= 11 is 5.51. The average molecular weight is 209 g/mol. The first-order chi connectivity index (χ1) is 6.76. The SMILES string of the molecule is N#CC(C#N)=COCc1ccc(Cl)o1. The lowest BCUT2D eigenvalue weighted by atomic mass is 10.4. The van der Waals surface area contributed by atoms with Gasteiger partial charge in [0.1, 0.15) is 30.8 Å². The summed E-state index contributed by atoms with van der Waals surface area (Å²) in [6.07, 6.45) is 1.08. The molecule has 1 aromatic rings. The van der Waals surface area contributed by atoms with Crippen molar-refractivity contribution in [3.63, 3.8) is 0 Å². The fraction of sp³-hybridized carbons (Fsp3) is 0.111. The lowest BCUT2D eigenvalue weighted by Crippen LogP contribution is -1.84. The van der Waals surface area contributed by atoms with Crippen molar-refractivity contribution in [1.29, 1.82) is 10.5 Å². The van der Waals surface area contributed by atoms with Crippen LogP contribution in [0.15, 0.2) is 28.4 Å². The smallest absolute Gasteiger partial charge is 0.193 e. The van der Waals surface area contributed by atoms with Gasteiger partial charge in [-0.25, -0.2) is 0 Å². The number of ether oxygens (including phenoxy) is 1. The Bertz CT molecular complexity index is 407. The molecule has 4 nitrogen and oxygen atoms in total. The van der Waals surface area contributed by atoms with Crippen molar-refractivity contribution in [2.45, 2.75) is 6.61 Å². The summed E-state index contributed by atoms with van der Waals surface area (Å²) in [6, 6.07) is 6.55. The minimum Gasteiger partial charge on any atom is -0.491 e. The second-order valence-electron chi connectivity index (χ2n) is 2.27. The summed E-state index contributed by atoms with van der Waals surface area (Å²) < 4.78 is 9.90. The summed E-state index contributed by atoms with van der Waals surface area (Å²) in [7, 11) is 0. The Labute approximate surface area is 85.6 Å². The van der Waals surface area contributed by atoms with E-state index in [9.17, 15) is 0 Å². The Morgan fingerprint density at radius 2 is 2.21 bits per heavy atom. The van der Waals surface area contributed by atoms with Crippen molar-refractivity contribution in [3.05, 3.63) is 34.9 Å². The zero-order chi connectivity index (χ0) is 10.4. The lowest BCUT2D eigenvalue weighted by molar-refractivity contribution is 0.209. The molecule has 0 bridgehead atoms. The van der Waals surface area contributed by atoms with E-state index in [4.69, 9.17) is 31.3 Å². The van der Waals surface area contributed by atoms with Crippen LogP contribution in [0.1, 0.15) is 5.76 Å². The maximum Gasteiger partial charge on any atom is 0.193 e. The third kappa shape index (κ3) is 2.85. The van der Waals surface area contributed by atoms with Crippen LogP contribution in [-0.2, 0) is 11.3 Å². The van der Waals surface area contributed by atoms with Crippen LogP contribution in [-0.4, -0.2) is 0 Å². The van der Waals surface area contributed by atoms with Gasteiger partial charge in [0.15, 0.2) is 10.8 Å². The van der Waals surface area contributed by atoms with Gasteiger partial charge in [-0.3, -0.25) is 0 Å². The topological polar surface area (TPSA) is 70.0 Å². The van der Waals surface area contributed by atoms with Crippen molar-refractivity contribution in [3.8, 4) is 12.1 Å². The Hall–Kier alpha value is -1.91. The number of allylic oxidation sites excluding steroid dienone is 1. The fourth-order valence-corrected chi connectivity index (χ4v) is 0.876. The maximum atomic E-state index is 8.36. The molecule has 1 rings (SSSR count). The molecule has 0 amide bonds. The van der Waals surface area contributed by atoms with Crippen molar-refractivity contribution in [2.24, 2.45) is 0 Å². The number of hydrogen-bond acceptors (Lipinski definition) is 4. The predicted molar refractivity (Wildman–Crippen MR) is 47.8 cm³/mol. The largest absolute Gasteiger partial charge is 0.491 e. The first-order valence-corrected chi connectivity index (χ1v) is 4.00. The standard InChI is InChI=1S/C9H5ClN2O2/c10-9-2-1-8(14-9)6-13-5-7(3-11)4-12/h1-2,5H,6H2. The monoisotopic (exact) mass is 208 g/mol. The molecule has 0 aromatic carbocycles. The Morgan fingerprint density at radius 3 is 2.71 bits per heavy atom. The van der Waals surface area contributed by atoms with Gasteiger partial charge in [0, 0.05) is 0 Å². The summed E-state index contributed by atoms with van der Waals surface area (Å²) in [4.78, 5) is 0. The Morgan fingerprint density at radius 1 is 1.50 bits per heavy atom. The van der Waals surface area contributed by atoms with Crippen LogP contribution in [0.2, 0.25) is 5.22 Å². The molecular weight excluding hydrogens is 204 g/mol. The molecule has 0 unspecified atom stereocenters. The molecule has 0 radical (unpaired) electrons. The number of furan rings is 1. The molecule has 0 saturated heterocycles. The zero-order valence-corrected chi connectivity index (χ0v) is 7.78. The average Bonchev–Trinajstić information content (AvgIpc) is 2.59. The minimum atomic E-state index is -0.0948. The second kappa shape index (κ2) is 4.96. The molecule has 0 N–H and O–H groups in total. The van der Waals surface area contributed by atoms with Crippen LogP contribution in [0.4, 0.5) is 0 Å². The molecule has 1 aromatic heterocycles. The van der Waals surface area contributed by atoms with E-state index in [0.29, 0.717) is 5.76 Å². The van der Waals surface area contributed by atoms with Gasteiger partial charge < -0.3 is 9.15 Å². The van der Waals surface area contributed by atoms with E-state index in [-0.39, 0.29) is 17.4 Å². The van der Waals surface area contributed by atoms with Crippen LogP contribution in [0.25, 0.3) is 0 Å². The summed E-state index contributed by atoms with van der Waals surface area (Å²) in [5.74, 6) is 0.529. The molecule has 0 saturated carbocycles. The molecular formula is C9H5ClN2O2. The van der Waals surface area contributed by atoms with E-state index in [1.54, 1.807) is 24.3 Å². The van der Waals surface area contributed by atoms with E-state index in [2.05, 4.69) is 0 Å². The van der Waals surface area contributed by atoms with Crippen molar-refractivity contribution in [2.75, 3.05) is 0 Å². The molecule has 0 aliphatic heterocycles. The van der Waals surface area contributed by atoms with E-state index in [1.165, 1.54) is 0 Å². The van der Waals surface area contributed by atoms with E-state index in [0.717, 1.165) is 6.26 Å².